The molecule has 2 N–H and O–H groups in total. The molecule has 4 rings (SSSR count). The third-order valence-corrected chi connectivity index (χ3v) is 5.55. The second-order valence-electron chi connectivity index (χ2n) is 7.78. The van der Waals surface area contributed by atoms with E-state index in [1.165, 1.54) is 0 Å². The van der Waals surface area contributed by atoms with Crippen molar-refractivity contribution in [3.8, 4) is 6.07 Å². The Labute approximate surface area is 165 Å². The van der Waals surface area contributed by atoms with Crippen LogP contribution < -0.4 is 10.2 Å². The molecule has 0 bridgehead atoms. The van der Waals surface area contributed by atoms with E-state index in [0.717, 1.165) is 73.9 Å². The summed E-state index contributed by atoms with van der Waals surface area (Å²) in [5, 5.41) is 13.4. The van der Waals surface area contributed by atoms with Gasteiger partial charge in [-0.25, -0.2) is 4.98 Å². The summed E-state index contributed by atoms with van der Waals surface area (Å²) < 4.78 is 7.54. The van der Waals surface area contributed by atoms with Crippen LogP contribution in [-0.4, -0.2) is 48.8 Å². The van der Waals surface area contributed by atoms with Gasteiger partial charge in [-0.1, -0.05) is 26.0 Å². The highest BCUT2D eigenvalue weighted by Gasteiger charge is 2.18. The number of ether oxygens (including phenoxy) is 1. The van der Waals surface area contributed by atoms with Crippen LogP contribution in [0.25, 0.3) is 16.7 Å². The first kappa shape index (κ1) is 18.7. The standard InChI is InChI=1S/C22H27N5O/c1-16(2)17-14-21(24-8-5-9-26-10-12-28-13-11-26)27-20-7-4-3-6-19(20)25-22(27)18(17)15-23/h3-4,6-7,14,16,24H,5,8-13H2,1-2H3/p+1. The first-order chi connectivity index (χ1) is 13.7. The SMILES string of the molecule is CC(C)c1cc(NCCC[NH+]2CCOCC2)n2c(nc3ccccc32)c1C#N. The number of nitrogens with one attached hydrogen (secondary N) is 2. The second kappa shape index (κ2) is 8.17. The highest BCUT2D eigenvalue weighted by molar-refractivity contribution is 5.85. The summed E-state index contributed by atoms with van der Waals surface area (Å²) in [5.74, 6) is 1.28. The molecule has 1 fully saturated rings. The fourth-order valence-corrected chi connectivity index (χ4v) is 4.02. The molecule has 0 aliphatic carbocycles. The van der Waals surface area contributed by atoms with Crippen LogP contribution >= 0.6 is 0 Å². The van der Waals surface area contributed by atoms with Crippen molar-refractivity contribution >= 4 is 22.5 Å². The van der Waals surface area contributed by atoms with Gasteiger partial charge in [-0.3, -0.25) is 4.40 Å². The summed E-state index contributed by atoms with van der Waals surface area (Å²) in [7, 11) is 0. The van der Waals surface area contributed by atoms with Gasteiger partial charge in [0.15, 0.2) is 5.65 Å². The quantitative estimate of drug-likeness (QED) is 0.646. The molecule has 0 atom stereocenters. The van der Waals surface area contributed by atoms with Crippen LogP contribution in [0.2, 0.25) is 0 Å². The van der Waals surface area contributed by atoms with Gasteiger partial charge >= 0.3 is 0 Å². The minimum absolute atomic E-state index is 0.262. The number of nitrogens with zero attached hydrogens (tertiary/aromatic N) is 3. The molecule has 1 aliphatic heterocycles. The van der Waals surface area contributed by atoms with Gasteiger partial charge in [-0.2, -0.15) is 5.26 Å². The number of fused-ring (bicyclic) bond motifs is 3. The van der Waals surface area contributed by atoms with Crippen LogP contribution in [0.5, 0.6) is 0 Å². The zero-order valence-electron chi connectivity index (χ0n) is 16.7. The van der Waals surface area contributed by atoms with Crippen LogP contribution in [0.15, 0.2) is 30.3 Å². The first-order valence-electron chi connectivity index (χ1n) is 10.2. The molecular weight excluding hydrogens is 350 g/mol. The first-order valence-corrected chi connectivity index (χ1v) is 10.2. The Morgan fingerprint density at radius 1 is 1.29 bits per heavy atom. The number of para-hydroxylation sites is 2. The maximum absolute atomic E-state index is 9.80. The van der Waals surface area contributed by atoms with E-state index in [2.05, 4.69) is 41.8 Å². The predicted molar refractivity (Wildman–Crippen MR) is 111 cm³/mol. The highest BCUT2D eigenvalue weighted by Crippen LogP contribution is 2.30. The Morgan fingerprint density at radius 3 is 2.82 bits per heavy atom. The lowest BCUT2D eigenvalue weighted by Gasteiger charge is -2.23. The van der Waals surface area contributed by atoms with Gasteiger partial charge < -0.3 is 15.0 Å². The summed E-state index contributed by atoms with van der Waals surface area (Å²) in [6.07, 6.45) is 1.10. The Kier molecular flexibility index (Phi) is 5.47. The molecule has 1 aliphatic rings. The molecule has 0 saturated carbocycles. The molecule has 0 amide bonds. The van der Waals surface area contributed by atoms with Crippen LogP contribution in [0.4, 0.5) is 5.82 Å². The average molecular weight is 379 g/mol. The second-order valence-corrected chi connectivity index (χ2v) is 7.78. The number of morpholine rings is 1. The summed E-state index contributed by atoms with van der Waals surface area (Å²) in [5.41, 5.74) is 4.42. The van der Waals surface area contributed by atoms with Crippen molar-refractivity contribution in [2.24, 2.45) is 0 Å². The topological polar surface area (TPSA) is 66.8 Å². The van der Waals surface area contributed by atoms with Gasteiger partial charge in [0, 0.05) is 13.0 Å². The fraction of sp³-hybridized carbons (Fsp3) is 0.455. The van der Waals surface area contributed by atoms with E-state index >= 15 is 0 Å². The number of imidazole rings is 1. The highest BCUT2D eigenvalue weighted by atomic mass is 16.5. The Morgan fingerprint density at radius 2 is 2.07 bits per heavy atom. The maximum Gasteiger partial charge on any atom is 0.157 e. The van der Waals surface area contributed by atoms with Crippen molar-refractivity contribution in [1.29, 1.82) is 5.26 Å². The van der Waals surface area contributed by atoms with Gasteiger partial charge in [0.25, 0.3) is 0 Å². The minimum Gasteiger partial charge on any atom is -0.371 e. The van der Waals surface area contributed by atoms with Crippen molar-refractivity contribution in [1.82, 2.24) is 9.38 Å². The van der Waals surface area contributed by atoms with E-state index in [4.69, 9.17) is 9.72 Å². The maximum atomic E-state index is 9.80. The number of quaternary nitrogens is 1. The Hall–Kier alpha value is -2.62. The third kappa shape index (κ3) is 3.56. The molecular formula is C22H28N5O+. The molecule has 6 nitrogen and oxygen atoms in total. The fourth-order valence-electron chi connectivity index (χ4n) is 4.02. The summed E-state index contributed by atoms with van der Waals surface area (Å²) in [6, 6.07) is 12.6. The normalized spacial score (nSPS) is 15.4. The molecule has 3 aromatic rings. The zero-order chi connectivity index (χ0) is 19.5. The number of anilines is 1. The number of benzene rings is 1. The molecule has 0 unspecified atom stereocenters. The summed E-state index contributed by atoms with van der Waals surface area (Å²) in [6.45, 7) is 10.2. The van der Waals surface area contributed by atoms with Crippen molar-refractivity contribution < 1.29 is 9.64 Å². The van der Waals surface area contributed by atoms with Crippen LogP contribution in [-0.2, 0) is 4.74 Å². The monoisotopic (exact) mass is 378 g/mol. The third-order valence-electron chi connectivity index (χ3n) is 5.55. The van der Waals surface area contributed by atoms with Crippen molar-refractivity contribution in [2.45, 2.75) is 26.2 Å². The zero-order valence-corrected chi connectivity index (χ0v) is 16.7. The molecule has 146 valence electrons. The molecule has 1 saturated heterocycles. The van der Waals surface area contributed by atoms with Crippen molar-refractivity contribution in [2.75, 3.05) is 44.7 Å². The molecule has 1 aromatic carbocycles. The summed E-state index contributed by atoms with van der Waals surface area (Å²) >= 11 is 0. The van der Waals surface area contributed by atoms with Crippen LogP contribution in [0, 0.1) is 11.3 Å². The molecule has 3 heterocycles. The summed E-state index contributed by atoms with van der Waals surface area (Å²) in [4.78, 5) is 6.39. The molecule has 0 spiro atoms. The lowest BCUT2D eigenvalue weighted by molar-refractivity contribution is -0.908. The van der Waals surface area contributed by atoms with Gasteiger partial charge in [0.2, 0.25) is 0 Å². The average Bonchev–Trinajstić information content (AvgIpc) is 3.11. The number of rotatable bonds is 6. The van der Waals surface area contributed by atoms with E-state index in [1.807, 2.05) is 18.2 Å². The van der Waals surface area contributed by atoms with Gasteiger partial charge in [-0.05, 0) is 29.7 Å². The number of aromatic nitrogens is 2. The minimum atomic E-state index is 0.262. The predicted octanol–water partition coefficient (Wildman–Crippen LogP) is 2.20. The van der Waals surface area contributed by atoms with Crippen molar-refractivity contribution in [3.63, 3.8) is 0 Å². The van der Waals surface area contributed by atoms with Gasteiger partial charge in [0.05, 0.1) is 36.4 Å². The number of nitriles is 1. The van der Waals surface area contributed by atoms with E-state index in [-0.39, 0.29) is 5.92 Å². The molecule has 0 radical (unpaired) electrons. The Bertz CT molecular complexity index is 1010. The number of hydrogen-bond donors (Lipinski definition) is 2. The van der Waals surface area contributed by atoms with Crippen LogP contribution in [0.1, 0.15) is 37.3 Å². The van der Waals surface area contributed by atoms with E-state index in [0.29, 0.717) is 5.56 Å². The number of pyridine rings is 1. The largest absolute Gasteiger partial charge is 0.371 e. The van der Waals surface area contributed by atoms with Crippen LogP contribution in [0.3, 0.4) is 0 Å². The van der Waals surface area contributed by atoms with Crippen molar-refractivity contribution in [3.05, 3.63) is 41.5 Å². The van der Waals surface area contributed by atoms with E-state index in [9.17, 15) is 5.26 Å². The van der Waals surface area contributed by atoms with E-state index in [1.54, 1.807) is 4.90 Å². The lowest BCUT2D eigenvalue weighted by Crippen LogP contribution is -3.14. The molecule has 2 aromatic heterocycles. The smallest absolute Gasteiger partial charge is 0.157 e. The molecule has 6 heteroatoms. The van der Waals surface area contributed by atoms with E-state index < -0.39 is 0 Å². The van der Waals surface area contributed by atoms with Gasteiger partial charge in [0.1, 0.15) is 25.0 Å². The lowest BCUT2D eigenvalue weighted by atomic mass is 9.99. The Balaban J connectivity index is 1.65. The molecule has 28 heavy (non-hydrogen) atoms. The van der Waals surface area contributed by atoms with Gasteiger partial charge in [-0.15, -0.1) is 0 Å². The number of hydrogen-bond acceptors (Lipinski definition) is 4.